The van der Waals surface area contributed by atoms with E-state index >= 15 is 0 Å². The van der Waals surface area contributed by atoms with Crippen molar-refractivity contribution in [2.45, 2.75) is 57.7 Å². The fraction of sp³-hybridized carbons (Fsp3) is 0.933. The van der Waals surface area contributed by atoms with Crippen LogP contribution in [0.15, 0.2) is 0 Å². The lowest BCUT2D eigenvalue weighted by atomic mass is 10.1. The number of hydrogen-bond donors (Lipinski definition) is 1. The Balaban J connectivity index is 1.77. The summed E-state index contributed by atoms with van der Waals surface area (Å²) in [6.07, 6.45) is 4.77. The third-order valence-electron chi connectivity index (χ3n) is 4.57. The summed E-state index contributed by atoms with van der Waals surface area (Å²) in [5, 5.41) is 12.5. The van der Waals surface area contributed by atoms with Crippen LogP contribution in [0, 0.1) is 11.3 Å². The molecule has 19 heavy (non-hydrogen) atoms. The predicted molar refractivity (Wildman–Crippen MR) is 77.9 cm³/mol. The number of piperazine rings is 1. The van der Waals surface area contributed by atoms with Gasteiger partial charge in [0.2, 0.25) is 0 Å². The fourth-order valence-corrected chi connectivity index (χ4v) is 3.39. The van der Waals surface area contributed by atoms with Crippen LogP contribution in [0.1, 0.15) is 39.5 Å². The van der Waals surface area contributed by atoms with Crippen molar-refractivity contribution >= 4 is 0 Å². The van der Waals surface area contributed by atoms with E-state index in [-0.39, 0.29) is 6.04 Å². The molecule has 2 fully saturated rings. The molecule has 2 rings (SSSR count). The topological polar surface area (TPSA) is 42.3 Å². The van der Waals surface area contributed by atoms with Crippen molar-refractivity contribution in [2.24, 2.45) is 0 Å². The lowest BCUT2D eigenvalue weighted by molar-refractivity contribution is 0.0578. The molecule has 0 aromatic heterocycles. The van der Waals surface area contributed by atoms with Gasteiger partial charge in [0.05, 0.1) is 12.1 Å². The molecule has 1 N–H and O–H groups in total. The Bertz CT molecular complexity index is 312. The van der Waals surface area contributed by atoms with E-state index in [1.807, 2.05) is 0 Å². The zero-order valence-corrected chi connectivity index (χ0v) is 12.4. The van der Waals surface area contributed by atoms with Crippen molar-refractivity contribution in [3.05, 3.63) is 0 Å². The van der Waals surface area contributed by atoms with Crippen molar-refractivity contribution in [1.82, 2.24) is 15.1 Å². The van der Waals surface area contributed by atoms with E-state index < -0.39 is 0 Å². The molecular formula is C15H28N4. The van der Waals surface area contributed by atoms with Gasteiger partial charge in [-0.05, 0) is 45.7 Å². The maximum Gasteiger partial charge on any atom is 0.0965 e. The summed E-state index contributed by atoms with van der Waals surface area (Å²) in [6.45, 7) is 10.2. The Morgan fingerprint density at radius 3 is 3.00 bits per heavy atom. The quantitative estimate of drug-likeness (QED) is 0.788. The van der Waals surface area contributed by atoms with Crippen molar-refractivity contribution in [3.8, 4) is 6.07 Å². The van der Waals surface area contributed by atoms with Crippen LogP contribution in [0.5, 0.6) is 0 Å². The van der Waals surface area contributed by atoms with Crippen LogP contribution in [0.25, 0.3) is 0 Å². The number of rotatable bonds is 6. The molecule has 2 saturated heterocycles. The first-order chi connectivity index (χ1) is 9.24. The average Bonchev–Trinajstić information content (AvgIpc) is 2.86. The summed E-state index contributed by atoms with van der Waals surface area (Å²) in [5.74, 6) is 0. The van der Waals surface area contributed by atoms with Gasteiger partial charge in [0.25, 0.3) is 0 Å². The van der Waals surface area contributed by atoms with Crippen LogP contribution in [-0.4, -0.2) is 60.6 Å². The summed E-state index contributed by atoms with van der Waals surface area (Å²) in [6, 6.07) is 3.83. The van der Waals surface area contributed by atoms with Crippen LogP contribution in [0.2, 0.25) is 0 Å². The molecule has 0 amide bonds. The van der Waals surface area contributed by atoms with Gasteiger partial charge in [-0.2, -0.15) is 5.26 Å². The van der Waals surface area contributed by atoms with Gasteiger partial charge in [0.1, 0.15) is 0 Å². The molecule has 0 aromatic carbocycles. The number of hydrogen-bond acceptors (Lipinski definition) is 4. The fourth-order valence-electron chi connectivity index (χ4n) is 3.39. The number of fused-ring (bicyclic) bond motifs is 1. The first-order valence-corrected chi connectivity index (χ1v) is 7.85. The first kappa shape index (κ1) is 14.8. The lowest BCUT2D eigenvalue weighted by Gasteiger charge is -2.42. The van der Waals surface area contributed by atoms with Gasteiger partial charge in [-0.25, -0.2) is 0 Å². The molecule has 2 heterocycles. The van der Waals surface area contributed by atoms with Gasteiger partial charge in [-0.3, -0.25) is 9.80 Å². The molecular weight excluding hydrogens is 236 g/mol. The van der Waals surface area contributed by atoms with Gasteiger partial charge in [-0.15, -0.1) is 0 Å². The molecule has 0 spiro atoms. The van der Waals surface area contributed by atoms with Gasteiger partial charge in [-0.1, -0.05) is 6.92 Å². The highest BCUT2D eigenvalue weighted by atomic mass is 15.3. The molecule has 2 aliphatic rings. The summed E-state index contributed by atoms with van der Waals surface area (Å²) < 4.78 is 0. The minimum Gasteiger partial charge on any atom is -0.302 e. The van der Waals surface area contributed by atoms with Crippen molar-refractivity contribution in [2.75, 3.05) is 32.7 Å². The lowest BCUT2D eigenvalue weighted by Crippen LogP contribution is -2.55. The molecule has 0 saturated carbocycles. The molecule has 2 aliphatic heterocycles. The van der Waals surface area contributed by atoms with E-state index in [0.29, 0.717) is 6.04 Å². The number of nitrogens with one attached hydrogen (secondary N) is 1. The summed E-state index contributed by atoms with van der Waals surface area (Å²) in [4.78, 5) is 5.24. The highest BCUT2D eigenvalue weighted by molar-refractivity contribution is 4.94. The van der Waals surface area contributed by atoms with E-state index in [4.69, 9.17) is 5.26 Å². The Morgan fingerprint density at radius 2 is 2.26 bits per heavy atom. The van der Waals surface area contributed by atoms with Gasteiger partial charge >= 0.3 is 0 Å². The van der Waals surface area contributed by atoms with Crippen LogP contribution in [0.4, 0.5) is 0 Å². The minimum absolute atomic E-state index is 0.0220. The molecule has 108 valence electrons. The second-order valence-corrected chi connectivity index (χ2v) is 6.06. The SMILES string of the molecule is CCCNC(C#N)CCN1CC2CCCN2CC1C. The Labute approximate surface area is 117 Å². The van der Waals surface area contributed by atoms with Crippen molar-refractivity contribution < 1.29 is 0 Å². The average molecular weight is 264 g/mol. The van der Waals surface area contributed by atoms with E-state index in [1.165, 1.54) is 32.5 Å². The van der Waals surface area contributed by atoms with Gasteiger partial charge in [0.15, 0.2) is 0 Å². The number of nitrogens with zero attached hydrogens (tertiary/aromatic N) is 3. The van der Waals surface area contributed by atoms with E-state index in [2.05, 4.69) is 35.0 Å². The van der Waals surface area contributed by atoms with Gasteiger partial charge < -0.3 is 5.32 Å². The Kier molecular flexibility index (Phi) is 5.62. The van der Waals surface area contributed by atoms with Crippen LogP contribution in [-0.2, 0) is 0 Å². The molecule has 3 unspecified atom stereocenters. The van der Waals surface area contributed by atoms with Crippen molar-refractivity contribution in [3.63, 3.8) is 0 Å². The predicted octanol–water partition coefficient (Wildman–Crippen LogP) is 1.44. The Hall–Kier alpha value is -0.630. The van der Waals surface area contributed by atoms with E-state index in [9.17, 15) is 0 Å². The highest BCUT2D eigenvalue weighted by Gasteiger charge is 2.34. The second kappa shape index (κ2) is 7.23. The van der Waals surface area contributed by atoms with Crippen LogP contribution in [0.3, 0.4) is 0 Å². The van der Waals surface area contributed by atoms with E-state index in [0.717, 1.165) is 32.0 Å². The highest BCUT2D eigenvalue weighted by Crippen LogP contribution is 2.24. The third-order valence-corrected chi connectivity index (χ3v) is 4.57. The summed E-state index contributed by atoms with van der Waals surface area (Å²) in [5.41, 5.74) is 0. The zero-order valence-electron chi connectivity index (χ0n) is 12.4. The van der Waals surface area contributed by atoms with Crippen molar-refractivity contribution in [1.29, 1.82) is 5.26 Å². The molecule has 0 aliphatic carbocycles. The standard InChI is InChI=1S/C15H28N4/c1-3-7-17-14(10-16)6-9-18-12-15-5-4-8-19(15)11-13(18)2/h13-15,17H,3-9,11-12H2,1-2H3. The third kappa shape index (κ3) is 3.92. The Morgan fingerprint density at radius 1 is 1.42 bits per heavy atom. The monoisotopic (exact) mass is 264 g/mol. The largest absolute Gasteiger partial charge is 0.302 e. The van der Waals surface area contributed by atoms with E-state index in [1.54, 1.807) is 0 Å². The molecule has 3 atom stereocenters. The zero-order chi connectivity index (χ0) is 13.7. The molecule has 0 radical (unpaired) electrons. The molecule has 4 heteroatoms. The maximum absolute atomic E-state index is 9.16. The molecule has 4 nitrogen and oxygen atoms in total. The minimum atomic E-state index is 0.0220. The normalized spacial score (nSPS) is 29.9. The maximum atomic E-state index is 9.16. The smallest absolute Gasteiger partial charge is 0.0965 e. The summed E-state index contributed by atoms with van der Waals surface area (Å²) in [7, 11) is 0. The molecule has 0 aromatic rings. The van der Waals surface area contributed by atoms with Crippen LogP contribution >= 0.6 is 0 Å². The molecule has 0 bridgehead atoms. The first-order valence-electron chi connectivity index (χ1n) is 7.85. The number of nitriles is 1. The second-order valence-electron chi connectivity index (χ2n) is 6.06. The van der Waals surface area contributed by atoms with Crippen LogP contribution < -0.4 is 5.32 Å². The van der Waals surface area contributed by atoms with Gasteiger partial charge in [0, 0.05) is 31.7 Å². The summed E-state index contributed by atoms with van der Waals surface area (Å²) >= 11 is 0.